The molecule has 1 N–H and O–H groups in total. The molecule has 0 spiro atoms. The first kappa shape index (κ1) is 8.85. The Morgan fingerprint density at radius 3 is 2.54 bits per heavy atom. The summed E-state index contributed by atoms with van der Waals surface area (Å²) in [6.07, 6.45) is 4.85. The largest absolute Gasteiger partial charge is 0.393 e. The van der Waals surface area contributed by atoms with Gasteiger partial charge in [-0.3, -0.25) is 0 Å². The molecule has 0 bridgehead atoms. The first-order valence-electron chi connectivity index (χ1n) is 5.03. The fraction of sp³-hybridized carbons (Fsp3) is 1.00. The molecular formula is C9H15N3O. The summed E-state index contributed by atoms with van der Waals surface area (Å²) in [5, 5.41) is 13.3. The molecule has 2 aliphatic rings. The van der Waals surface area contributed by atoms with E-state index >= 15 is 0 Å². The van der Waals surface area contributed by atoms with E-state index in [0.29, 0.717) is 0 Å². The molecule has 0 aromatic carbocycles. The molecule has 2 fully saturated rings. The highest BCUT2D eigenvalue weighted by Crippen LogP contribution is 2.47. The van der Waals surface area contributed by atoms with Gasteiger partial charge in [-0.15, -0.1) is 0 Å². The van der Waals surface area contributed by atoms with Gasteiger partial charge in [0.2, 0.25) is 0 Å². The zero-order valence-electron chi connectivity index (χ0n) is 7.63. The predicted octanol–water partition coefficient (Wildman–Crippen LogP) is 2.24. The number of nitrogens with zero attached hydrogens (tertiary/aromatic N) is 3. The Kier molecular flexibility index (Phi) is 2.42. The highest BCUT2D eigenvalue weighted by molar-refractivity contribution is 4.92. The van der Waals surface area contributed by atoms with Crippen molar-refractivity contribution in [1.82, 2.24) is 0 Å². The minimum Gasteiger partial charge on any atom is -0.393 e. The fourth-order valence-corrected chi connectivity index (χ4v) is 2.37. The smallest absolute Gasteiger partial charge is 0.0633 e. The Labute approximate surface area is 77.6 Å². The lowest BCUT2D eigenvalue weighted by Gasteiger charge is -2.20. The van der Waals surface area contributed by atoms with Crippen LogP contribution >= 0.6 is 0 Å². The van der Waals surface area contributed by atoms with Crippen LogP contribution in [0.4, 0.5) is 0 Å². The second-order valence-electron chi connectivity index (χ2n) is 4.25. The standard InChI is InChI=1S/C9H15N3O/c10-12-11-8-3-1-6-5-7(6)2-4-9(8)13/h6-9,13H,1-5H2/t6-,7+,8-,9-/m1/s1. The van der Waals surface area contributed by atoms with Crippen LogP contribution in [0.2, 0.25) is 0 Å². The van der Waals surface area contributed by atoms with E-state index in [0.717, 1.165) is 37.5 Å². The number of hydrogen-bond acceptors (Lipinski definition) is 2. The van der Waals surface area contributed by atoms with Crippen molar-refractivity contribution in [3.8, 4) is 0 Å². The van der Waals surface area contributed by atoms with Crippen molar-refractivity contribution in [3.63, 3.8) is 0 Å². The van der Waals surface area contributed by atoms with E-state index in [4.69, 9.17) is 5.53 Å². The van der Waals surface area contributed by atoms with Crippen LogP contribution in [-0.4, -0.2) is 17.3 Å². The summed E-state index contributed by atoms with van der Waals surface area (Å²) in [6.45, 7) is 0. The maximum absolute atomic E-state index is 9.68. The molecule has 72 valence electrons. The molecule has 4 atom stereocenters. The number of azide groups is 1. The van der Waals surface area contributed by atoms with Gasteiger partial charge in [0.1, 0.15) is 0 Å². The molecule has 4 nitrogen and oxygen atoms in total. The molecule has 2 aliphatic carbocycles. The number of aliphatic hydroxyl groups is 1. The summed E-state index contributed by atoms with van der Waals surface area (Å²) in [5.41, 5.74) is 8.32. The second-order valence-corrected chi connectivity index (χ2v) is 4.25. The monoisotopic (exact) mass is 181 g/mol. The molecule has 4 heteroatoms. The summed E-state index contributed by atoms with van der Waals surface area (Å²) in [6, 6.07) is -0.174. The van der Waals surface area contributed by atoms with Crippen LogP contribution in [0, 0.1) is 11.8 Å². The maximum Gasteiger partial charge on any atom is 0.0633 e. The third-order valence-electron chi connectivity index (χ3n) is 3.38. The van der Waals surface area contributed by atoms with E-state index in [1.165, 1.54) is 6.42 Å². The van der Waals surface area contributed by atoms with Gasteiger partial charge in [-0.1, -0.05) is 5.11 Å². The summed E-state index contributed by atoms with van der Waals surface area (Å²) in [7, 11) is 0. The van der Waals surface area contributed by atoms with E-state index in [9.17, 15) is 5.11 Å². The molecule has 0 aromatic rings. The van der Waals surface area contributed by atoms with Gasteiger partial charge in [0.05, 0.1) is 12.1 Å². The quantitative estimate of drug-likeness (QED) is 0.376. The molecule has 0 aliphatic heterocycles. The van der Waals surface area contributed by atoms with Gasteiger partial charge in [0.25, 0.3) is 0 Å². The molecule has 0 heterocycles. The first-order valence-corrected chi connectivity index (χ1v) is 5.03. The zero-order valence-corrected chi connectivity index (χ0v) is 7.63. The number of rotatable bonds is 1. The van der Waals surface area contributed by atoms with Crippen molar-refractivity contribution in [3.05, 3.63) is 10.4 Å². The van der Waals surface area contributed by atoms with Gasteiger partial charge in [0, 0.05) is 4.91 Å². The van der Waals surface area contributed by atoms with E-state index in [-0.39, 0.29) is 6.04 Å². The van der Waals surface area contributed by atoms with Gasteiger partial charge in [-0.2, -0.15) is 0 Å². The highest BCUT2D eigenvalue weighted by atomic mass is 16.3. The van der Waals surface area contributed by atoms with Gasteiger partial charge in [-0.05, 0) is 49.5 Å². The zero-order chi connectivity index (χ0) is 9.26. The molecule has 0 saturated heterocycles. The van der Waals surface area contributed by atoms with Crippen LogP contribution in [0.3, 0.4) is 0 Å². The van der Waals surface area contributed by atoms with Crippen LogP contribution in [-0.2, 0) is 0 Å². The van der Waals surface area contributed by atoms with E-state index in [2.05, 4.69) is 10.0 Å². The minimum absolute atomic E-state index is 0.174. The van der Waals surface area contributed by atoms with Crippen molar-refractivity contribution < 1.29 is 5.11 Å². The normalized spacial score (nSPS) is 43.8. The van der Waals surface area contributed by atoms with Crippen molar-refractivity contribution in [2.75, 3.05) is 0 Å². The van der Waals surface area contributed by atoms with Crippen LogP contribution in [0.15, 0.2) is 5.11 Å². The van der Waals surface area contributed by atoms with E-state index in [1.807, 2.05) is 0 Å². The molecule has 0 aromatic heterocycles. The Morgan fingerprint density at radius 1 is 1.15 bits per heavy atom. The Morgan fingerprint density at radius 2 is 1.85 bits per heavy atom. The molecule has 13 heavy (non-hydrogen) atoms. The molecule has 0 unspecified atom stereocenters. The lowest BCUT2D eigenvalue weighted by molar-refractivity contribution is 0.119. The Balaban J connectivity index is 1.96. The predicted molar refractivity (Wildman–Crippen MR) is 49.0 cm³/mol. The van der Waals surface area contributed by atoms with Gasteiger partial charge in [0.15, 0.2) is 0 Å². The summed E-state index contributed by atoms with van der Waals surface area (Å²) >= 11 is 0. The third-order valence-corrected chi connectivity index (χ3v) is 3.38. The van der Waals surface area contributed by atoms with Crippen molar-refractivity contribution in [2.45, 2.75) is 44.2 Å². The lowest BCUT2D eigenvalue weighted by Crippen LogP contribution is -2.25. The number of hydrogen-bond donors (Lipinski definition) is 1. The van der Waals surface area contributed by atoms with Crippen molar-refractivity contribution in [1.29, 1.82) is 0 Å². The SMILES string of the molecule is [N-]=[N+]=N[C@@H]1CC[C@@H]2C[C@@H]2CC[C@H]1O. The van der Waals surface area contributed by atoms with Gasteiger partial charge < -0.3 is 5.11 Å². The average Bonchev–Trinajstić information content (AvgIpc) is 2.84. The van der Waals surface area contributed by atoms with Crippen molar-refractivity contribution in [2.24, 2.45) is 17.0 Å². The number of fused-ring (bicyclic) bond motifs is 1. The van der Waals surface area contributed by atoms with Crippen LogP contribution in [0.25, 0.3) is 10.4 Å². The fourth-order valence-electron chi connectivity index (χ4n) is 2.37. The summed E-state index contributed by atoms with van der Waals surface area (Å²) < 4.78 is 0. The molecule has 2 saturated carbocycles. The Hall–Kier alpha value is -0.730. The molecule has 0 amide bonds. The van der Waals surface area contributed by atoms with Crippen LogP contribution in [0.5, 0.6) is 0 Å². The first-order chi connectivity index (χ1) is 6.31. The van der Waals surface area contributed by atoms with Crippen LogP contribution < -0.4 is 0 Å². The Bertz CT molecular complexity index is 237. The minimum atomic E-state index is -0.405. The highest BCUT2D eigenvalue weighted by Gasteiger charge is 2.39. The maximum atomic E-state index is 9.68. The second kappa shape index (κ2) is 3.56. The van der Waals surface area contributed by atoms with Crippen molar-refractivity contribution >= 4 is 0 Å². The number of aliphatic hydroxyl groups excluding tert-OH is 1. The third kappa shape index (κ3) is 1.95. The topological polar surface area (TPSA) is 69.0 Å². The lowest BCUT2D eigenvalue weighted by atomic mass is 9.95. The summed E-state index contributed by atoms with van der Waals surface area (Å²) in [5.74, 6) is 1.73. The summed E-state index contributed by atoms with van der Waals surface area (Å²) in [4.78, 5) is 2.79. The van der Waals surface area contributed by atoms with Gasteiger partial charge >= 0.3 is 0 Å². The van der Waals surface area contributed by atoms with E-state index in [1.54, 1.807) is 0 Å². The van der Waals surface area contributed by atoms with E-state index < -0.39 is 6.10 Å². The molecule has 2 rings (SSSR count). The average molecular weight is 181 g/mol. The van der Waals surface area contributed by atoms with Crippen LogP contribution in [0.1, 0.15) is 32.1 Å². The van der Waals surface area contributed by atoms with Gasteiger partial charge in [-0.25, -0.2) is 0 Å². The molecular weight excluding hydrogens is 166 g/mol. The molecule has 0 radical (unpaired) electrons.